The van der Waals surface area contributed by atoms with Gasteiger partial charge in [-0.2, -0.15) is 0 Å². The highest BCUT2D eigenvalue weighted by Crippen LogP contribution is 2.39. The Morgan fingerprint density at radius 1 is 1.33 bits per heavy atom. The summed E-state index contributed by atoms with van der Waals surface area (Å²) in [6.07, 6.45) is 3.05. The van der Waals surface area contributed by atoms with Crippen LogP contribution in [-0.4, -0.2) is 31.4 Å². The average molecular weight is 236 g/mol. The first kappa shape index (κ1) is 12.9. The Morgan fingerprint density at radius 2 is 1.87 bits per heavy atom. The van der Waals surface area contributed by atoms with E-state index in [1.54, 1.807) is 0 Å². The Balaban J connectivity index is 2.48. The second kappa shape index (κ2) is 4.75. The molecule has 3 nitrogen and oxygen atoms in total. The third kappa shape index (κ3) is 4.04. The fraction of sp³-hybridized carbons (Fsp3) is 0.900. The molecule has 0 aliphatic heterocycles. The second-order valence-electron chi connectivity index (χ2n) is 4.47. The minimum atomic E-state index is -2.69. The summed E-state index contributed by atoms with van der Waals surface area (Å²) in [6.45, 7) is 2.49. The van der Waals surface area contributed by atoms with E-state index in [-0.39, 0.29) is 19.4 Å². The summed E-state index contributed by atoms with van der Waals surface area (Å²) in [4.78, 5) is 11.5. The smallest absolute Gasteiger partial charge is 0.197 e. The molecule has 0 radical (unpaired) electrons. The normalized spacial score (nSPS) is 21.3. The highest BCUT2D eigenvalue weighted by atomic mass is 31.2. The van der Waals surface area contributed by atoms with Crippen LogP contribution < -0.4 is 0 Å². The van der Waals surface area contributed by atoms with Gasteiger partial charge in [0.05, 0.1) is 0 Å². The van der Waals surface area contributed by atoms with E-state index in [1.807, 2.05) is 0 Å². The number of alkyl halides is 1. The quantitative estimate of drug-likeness (QED) is 0.705. The molecule has 0 aromatic rings. The van der Waals surface area contributed by atoms with Gasteiger partial charge in [0.2, 0.25) is 0 Å². The number of hydrogen-bond acceptors (Lipinski definition) is 3. The van der Waals surface area contributed by atoms with Gasteiger partial charge >= 0.3 is 0 Å². The van der Waals surface area contributed by atoms with Gasteiger partial charge in [-0.15, -0.1) is 0 Å². The maximum Gasteiger partial charge on any atom is 0.197 e. The van der Waals surface area contributed by atoms with Gasteiger partial charge in [-0.25, -0.2) is 4.39 Å². The number of carbonyl (C=O) groups is 1. The van der Waals surface area contributed by atoms with Crippen LogP contribution in [0.4, 0.5) is 4.39 Å². The molecule has 1 saturated carbocycles. The van der Waals surface area contributed by atoms with Crippen LogP contribution in [-0.2, 0) is 13.9 Å². The van der Waals surface area contributed by atoms with Crippen LogP contribution in [0.25, 0.3) is 0 Å². The zero-order chi connectivity index (χ0) is 11.5. The Morgan fingerprint density at radius 3 is 2.33 bits per heavy atom. The zero-order valence-corrected chi connectivity index (χ0v) is 10.2. The molecule has 15 heavy (non-hydrogen) atoms. The predicted molar refractivity (Wildman–Crippen MR) is 57.3 cm³/mol. The first-order chi connectivity index (χ1) is 6.83. The molecule has 5 heteroatoms. The lowest BCUT2D eigenvalue weighted by Gasteiger charge is -2.27. The Labute approximate surface area is 89.8 Å². The summed E-state index contributed by atoms with van der Waals surface area (Å²) >= 11 is 0. The van der Waals surface area contributed by atoms with E-state index in [4.69, 9.17) is 4.52 Å². The van der Waals surface area contributed by atoms with E-state index in [0.717, 1.165) is 19.3 Å². The Bertz CT molecular complexity index is 278. The van der Waals surface area contributed by atoms with Crippen molar-refractivity contribution in [2.75, 3.05) is 19.9 Å². The first-order valence-electron chi connectivity index (χ1n) is 5.25. The molecule has 0 aromatic carbocycles. The van der Waals surface area contributed by atoms with E-state index in [0.29, 0.717) is 0 Å². The fourth-order valence-electron chi connectivity index (χ4n) is 1.73. The van der Waals surface area contributed by atoms with Crippen molar-refractivity contribution in [2.24, 2.45) is 0 Å². The molecule has 0 N–H and O–H groups in total. The van der Waals surface area contributed by atoms with Crippen LogP contribution in [0.2, 0.25) is 0 Å². The maximum atomic E-state index is 14.0. The van der Waals surface area contributed by atoms with Crippen molar-refractivity contribution in [1.82, 2.24) is 0 Å². The van der Waals surface area contributed by atoms with Crippen molar-refractivity contribution in [3.63, 3.8) is 0 Å². The molecule has 1 rings (SSSR count). The monoisotopic (exact) mass is 236 g/mol. The van der Waals surface area contributed by atoms with Gasteiger partial charge in [-0.3, -0.25) is 9.36 Å². The fourth-order valence-corrected chi connectivity index (χ4v) is 2.16. The summed E-state index contributed by atoms with van der Waals surface area (Å²) in [5.41, 5.74) is -1.73. The highest BCUT2D eigenvalue weighted by molar-refractivity contribution is 7.57. The zero-order valence-electron chi connectivity index (χ0n) is 9.29. The van der Waals surface area contributed by atoms with Crippen LogP contribution in [0.5, 0.6) is 0 Å². The standard InChI is InChI=1S/C10H18FO3P/c1-15(2,13)14-8-9(12)10(11)6-4-3-5-7-10/h3-8H2,1-2H3. The molecule has 0 spiro atoms. The molecule has 88 valence electrons. The van der Waals surface area contributed by atoms with Gasteiger partial charge in [0, 0.05) is 13.3 Å². The van der Waals surface area contributed by atoms with Crippen molar-refractivity contribution in [3.05, 3.63) is 0 Å². The lowest BCUT2D eigenvalue weighted by molar-refractivity contribution is -0.134. The number of carbonyl (C=O) groups excluding carboxylic acids is 1. The van der Waals surface area contributed by atoms with Crippen molar-refractivity contribution in [2.45, 2.75) is 37.8 Å². The van der Waals surface area contributed by atoms with Gasteiger partial charge in [0.1, 0.15) is 6.61 Å². The Hall–Kier alpha value is -0.210. The number of hydrogen-bond donors (Lipinski definition) is 0. The average Bonchev–Trinajstić information content (AvgIpc) is 2.14. The van der Waals surface area contributed by atoms with Crippen LogP contribution in [0, 0.1) is 0 Å². The molecular formula is C10H18FO3P. The van der Waals surface area contributed by atoms with Gasteiger partial charge in [0.25, 0.3) is 0 Å². The summed E-state index contributed by atoms with van der Waals surface area (Å²) < 4.78 is 30.1. The van der Waals surface area contributed by atoms with E-state index < -0.39 is 18.8 Å². The van der Waals surface area contributed by atoms with E-state index in [2.05, 4.69) is 0 Å². The molecule has 0 bridgehead atoms. The van der Waals surface area contributed by atoms with Gasteiger partial charge < -0.3 is 4.52 Å². The molecule has 0 aromatic heterocycles. The van der Waals surface area contributed by atoms with Crippen LogP contribution in [0.15, 0.2) is 0 Å². The molecule has 0 atom stereocenters. The molecule has 0 unspecified atom stereocenters. The highest BCUT2D eigenvalue weighted by Gasteiger charge is 2.39. The van der Waals surface area contributed by atoms with Gasteiger partial charge in [-0.1, -0.05) is 6.42 Å². The van der Waals surface area contributed by atoms with Gasteiger partial charge in [0.15, 0.2) is 18.8 Å². The molecule has 0 amide bonds. The lowest BCUT2D eigenvalue weighted by Crippen LogP contribution is -2.38. The lowest BCUT2D eigenvalue weighted by atomic mass is 9.83. The number of Topliss-reactive ketones (excluding diaryl/α,β-unsaturated/α-hetero) is 1. The molecule has 1 fully saturated rings. The van der Waals surface area contributed by atoms with Crippen LogP contribution in [0.3, 0.4) is 0 Å². The molecule has 1 aliphatic carbocycles. The number of halogens is 1. The number of ketones is 1. The number of rotatable bonds is 4. The Kier molecular flexibility index (Phi) is 4.07. The first-order valence-corrected chi connectivity index (χ1v) is 7.77. The summed E-state index contributed by atoms with van der Waals surface area (Å²) in [6, 6.07) is 0. The van der Waals surface area contributed by atoms with E-state index in [9.17, 15) is 13.8 Å². The maximum absolute atomic E-state index is 14.0. The van der Waals surface area contributed by atoms with Crippen LogP contribution in [0.1, 0.15) is 32.1 Å². The summed E-state index contributed by atoms with van der Waals surface area (Å²) in [7, 11) is -2.69. The third-order valence-electron chi connectivity index (χ3n) is 2.65. The van der Waals surface area contributed by atoms with Crippen molar-refractivity contribution in [3.8, 4) is 0 Å². The second-order valence-corrected chi connectivity index (χ2v) is 7.24. The molecular weight excluding hydrogens is 218 g/mol. The molecule has 0 heterocycles. The van der Waals surface area contributed by atoms with E-state index >= 15 is 0 Å². The topological polar surface area (TPSA) is 43.4 Å². The molecule has 1 aliphatic rings. The van der Waals surface area contributed by atoms with Gasteiger partial charge in [-0.05, 0) is 25.7 Å². The van der Waals surface area contributed by atoms with Crippen molar-refractivity contribution in [1.29, 1.82) is 0 Å². The van der Waals surface area contributed by atoms with Crippen LogP contribution >= 0.6 is 7.37 Å². The van der Waals surface area contributed by atoms with Crippen molar-refractivity contribution < 1.29 is 18.3 Å². The minimum absolute atomic E-state index is 0.285. The SMILES string of the molecule is CP(C)(=O)OCC(=O)C1(F)CCCCC1. The summed E-state index contributed by atoms with van der Waals surface area (Å²) in [5, 5.41) is 0. The summed E-state index contributed by atoms with van der Waals surface area (Å²) in [5.74, 6) is -0.550. The predicted octanol–water partition coefficient (Wildman–Crippen LogP) is 2.78. The minimum Gasteiger partial charge on any atom is -0.321 e. The molecule has 0 saturated heterocycles. The third-order valence-corrected chi connectivity index (χ3v) is 3.40. The largest absolute Gasteiger partial charge is 0.321 e. The van der Waals surface area contributed by atoms with Crippen molar-refractivity contribution >= 4 is 13.2 Å². The van der Waals surface area contributed by atoms with E-state index in [1.165, 1.54) is 13.3 Å².